The van der Waals surface area contributed by atoms with Crippen molar-refractivity contribution in [1.82, 2.24) is 25.1 Å². The molecule has 7 heteroatoms. The zero-order valence-corrected chi connectivity index (χ0v) is 11.3. The number of hydrogen-bond acceptors (Lipinski definition) is 5. The Kier molecular flexibility index (Phi) is 3.83. The van der Waals surface area contributed by atoms with Crippen LogP contribution < -0.4 is 11.0 Å². The second-order valence-corrected chi connectivity index (χ2v) is 4.90. The third kappa shape index (κ3) is 2.62. The summed E-state index contributed by atoms with van der Waals surface area (Å²) >= 11 is 1.36. The average Bonchev–Trinajstić information content (AvgIpc) is 2.70. The Morgan fingerprint density at radius 3 is 2.94 bits per heavy atom. The first-order valence-corrected chi connectivity index (χ1v) is 6.36. The van der Waals surface area contributed by atoms with Crippen molar-refractivity contribution in [1.29, 1.82) is 0 Å². The van der Waals surface area contributed by atoms with Gasteiger partial charge < -0.3 is 5.32 Å². The molecule has 96 valence electrons. The molecule has 0 aliphatic rings. The Morgan fingerprint density at radius 2 is 2.33 bits per heavy atom. The first kappa shape index (κ1) is 12.8. The second kappa shape index (κ2) is 5.36. The smallest absolute Gasteiger partial charge is 0.313 e. The molecule has 2 N–H and O–H groups in total. The molecule has 0 saturated carbocycles. The fourth-order valence-electron chi connectivity index (χ4n) is 1.43. The van der Waals surface area contributed by atoms with Crippen LogP contribution in [0.5, 0.6) is 0 Å². The van der Waals surface area contributed by atoms with Crippen LogP contribution in [0.2, 0.25) is 0 Å². The maximum absolute atomic E-state index is 11.3. The molecule has 1 atom stereocenters. The van der Waals surface area contributed by atoms with E-state index in [0.29, 0.717) is 5.16 Å². The van der Waals surface area contributed by atoms with Crippen LogP contribution in [-0.2, 0) is 7.05 Å². The van der Waals surface area contributed by atoms with Crippen LogP contribution in [0.1, 0.15) is 18.5 Å². The molecule has 0 aliphatic carbocycles. The van der Waals surface area contributed by atoms with Gasteiger partial charge in [-0.1, -0.05) is 0 Å². The topological polar surface area (TPSA) is 75.6 Å². The molecule has 0 radical (unpaired) electrons. The van der Waals surface area contributed by atoms with Gasteiger partial charge in [-0.15, -0.1) is 5.10 Å². The quantitative estimate of drug-likeness (QED) is 0.860. The van der Waals surface area contributed by atoms with Gasteiger partial charge in [0.2, 0.25) is 0 Å². The van der Waals surface area contributed by atoms with E-state index in [-0.39, 0.29) is 11.7 Å². The third-order valence-corrected chi connectivity index (χ3v) is 3.71. The highest BCUT2D eigenvalue weighted by atomic mass is 32.2. The monoisotopic (exact) mass is 265 g/mol. The van der Waals surface area contributed by atoms with E-state index in [4.69, 9.17) is 0 Å². The minimum absolute atomic E-state index is 0.225. The SMILES string of the molecule is CNC(C)c1ccnc(Sc2n[nH]c(=O)n2C)c1. The molecule has 1 unspecified atom stereocenters. The Labute approximate surface area is 109 Å². The molecule has 2 rings (SSSR count). The van der Waals surface area contributed by atoms with Crippen LogP contribution in [-0.4, -0.2) is 26.8 Å². The molecule has 0 aliphatic heterocycles. The van der Waals surface area contributed by atoms with Crippen LogP contribution in [0, 0.1) is 0 Å². The van der Waals surface area contributed by atoms with Gasteiger partial charge in [-0.2, -0.15) is 0 Å². The highest BCUT2D eigenvalue weighted by Gasteiger charge is 2.09. The summed E-state index contributed by atoms with van der Waals surface area (Å²) in [6.07, 6.45) is 1.76. The van der Waals surface area contributed by atoms with Gasteiger partial charge in [0.25, 0.3) is 0 Å². The van der Waals surface area contributed by atoms with Gasteiger partial charge in [0.1, 0.15) is 5.03 Å². The molecule has 6 nitrogen and oxygen atoms in total. The Bertz CT molecular complexity index is 591. The van der Waals surface area contributed by atoms with Crippen molar-refractivity contribution in [2.75, 3.05) is 7.05 Å². The van der Waals surface area contributed by atoms with Crippen LogP contribution in [0.3, 0.4) is 0 Å². The van der Waals surface area contributed by atoms with E-state index in [9.17, 15) is 4.79 Å². The van der Waals surface area contributed by atoms with E-state index < -0.39 is 0 Å². The van der Waals surface area contributed by atoms with Crippen LogP contribution in [0.25, 0.3) is 0 Å². The lowest BCUT2D eigenvalue weighted by Crippen LogP contribution is -2.13. The highest BCUT2D eigenvalue weighted by Crippen LogP contribution is 2.24. The molecular formula is C11H15N5OS. The van der Waals surface area contributed by atoms with Gasteiger partial charge in [-0.25, -0.2) is 14.9 Å². The first-order valence-electron chi connectivity index (χ1n) is 5.54. The van der Waals surface area contributed by atoms with E-state index in [1.165, 1.54) is 16.3 Å². The van der Waals surface area contributed by atoms with Crippen molar-refractivity contribution in [2.45, 2.75) is 23.1 Å². The van der Waals surface area contributed by atoms with Gasteiger partial charge in [-0.3, -0.25) is 4.57 Å². The summed E-state index contributed by atoms with van der Waals surface area (Å²) in [7, 11) is 3.59. The molecule has 2 heterocycles. The molecule has 2 aromatic heterocycles. The van der Waals surface area contributed by atoms with Crippen LogP contribution in [0.15, 0.2) is 33.3 Å². The van der Waals surface area contributed by atoms with E-state index in [0.717, 1.165) is 10.6 Å². The Balaban J connectivity index is 2.24. The number of pyridine rings is 1. The first-order chi connectivity index (χ1) is 8.61. The molecule has 0 saturated heterocycles. The summed E-state index contributed by atoms with van der Waals surface area (Å²) in [4.78, 5) is 15.5. The Hall–Kier alpha value is -1.60. The fourth-order valence-corrected chi connectivity index (χ4v) is 2.24. The fraction of sp³-hybridized carbons (Fsp3) is 0.364. The van der Waals surface area contributed by atoms with E-state index >= 15 is 0 Å². The van der Waals surface area contributed by atoms with E-state index in [1.807, 2.05) is 19.2 Å². The van der Waals surface area contributed by atoms with Crippen LogP contribution in [0.4, 0.5) is 0 Å². The van der Waals surface area contributed by atoms with Gasteiger partial charge in [0.15, 0.2) is 5.16 Å². The summed E-state index contributed by atoms with van der Waals surface area (Å²) < 4.78 is 1.46. The Morgan fingerprint density at radius 1 is 1.56 bits per heavy atom. The van der Waals surface area contributed by atoms with Crippen LogP contribution >= 0.6 is 11.8 Å². The van der Waals surface area contributed by atoms with Gasteiger partial charge >= 0.3 is 5.69 Å². The number of H-pyrrole nitrogens is 1. The standard InChI is InChI=1S/C11H15N5OS/c1-7(12-2)8-4-5-13-9(6-8)18-11-15-14-10(17)16(11)3/h4-7,12H,1-3H3,(H,14,17). The average molecular weight is 265 g/mol. The summed E-state index contributed by atoms with van der Waals surface area (Å²) in [5, 5.41) is 10.9. The number of aromatic nitrogens is 4. The van der Waals surface area contributed by atoms with E-state index in [1.54, 1.807) is 13.2 Å². The van der Waals surface area contributed by atoms with E-state index in [2.05, 4.69) is 27.4 Å². The van der Waals surface area contributed by atoms with Crippen molar-refractivity contribution >= 4 is 11.8 Å². The summed E-state index contributed by atoms with van der Waals surface area (Å²) in [5.74, 6) is 0. The van der Waals surface area contributed by atoms with Crippen molar-refractivity contribution in [3.05, 3.63) is 34.4 Å². The molecule has 0 aromatic carbocycles. The summed E-state index contributed by atoms with van der Waals surface area (Å²) in [5.41, 5.74) is 0.924. The normalized spacial score (nSPS) is 12.6. The minimum atomic E-state index is -0.225. The van der Waals surface area contributed by atoms with Crippen molar-refractivity contribution < 1.29 is 0 Å². The number of aromatic amines is 1. The maximum atomic E-state index is 11.3. The van der Waals surface area contributed by atoms with Crippen molar-refractivity contribution in [2.24, 2.45) is 7.05 Å². The maximum Gasteiger partial charge on any atom is 0.343 e. The van der Waals surface area contributed by atoms with Gasteiger partial charge in [0, 0.05) is 19.3 Å². The summed E-state index contributed by atoms with van der Waals surface area (Å²) in [6.45, 7) is 2.08. The third-order valence-electron chi connectivity index (χ3n) is 2.73. The van der Waals surface area contributed by atoms with Gasteiger partial charge in [-0.05, 0) is 43.4 Å². The zero-order chi connectivity index (χ0) is 13.1. The minimum Gasteiger partial charge on any atom is -0.313 e. The number of nitrogens with one attached hydrogen (secondary N) is 2. The predicted molar refractivity (Wildman–Crippen MR) is 69.7 cm³/mol. The molecule has 0 bridgehead atoms. The second-order valence-electron chi connectivity index (χ2n) is 3.91. The lowest BCUT2D eigenvalue weighted by Gasteiger charge is -2.10. The van der Waals surface area contributed by atoms with Crippen molar-refractivity contribution in [3.8, 4) is 0 Å². The number of nitrogens with zero attached hydrogens (tertiary/aromatic N) is 3. The predicted octanol–water partition coefficient (Wildman–Crippen LogP) is 0.935. The molecular weight excluding hydrogens is 250 g/mol. The molecule has 0 fully saturated rings. The van der Waals surface area contributed by atoms with Crippen molar-refractivity contribution in [3.63, 3.8) is 0 Å². The molecule has 0 amide bonds. The van der Waals surface area contributed by atoms with Gasteiger partial charge in [0.05, 0.1) is 0 Å². The largest absolute Gasteiger partial charge is 0.343 e. The molecule has 0 spiro atoms. The molecule has 18 heavy (non-hydrogen) atoms. The number of hydrogen-bond donors (Lipinski definition) is 2. The highest BCUT2D eigenvalue weighted by molar-refractivity contribution is 7.99. The summed E-state index contributed by atoms with van der Waals surface area (Å²) in [6, 6.07) is 4.22. The lowest BCUT2D eigenvalue weighted by atomic mass is 10.1. The number of rotatable bonds is 4. The lowest BCUT2D eigenvalue weighted by molar-refractivity contribution is 0.649. The molecule has 2 aromatic rings. The zero-order valence-electron chi connectivity index (χ0n) is 10.5.